The minimum Gasteiger partial charge on any atom is -0.496 e. The first-order chi connectivity index (χ1) is 9.74. The number of hydrogen-bond acceptors (Lipinski definition) is 3. The Balaban J connectivity index is 1.83. The fraction of sp³-hybridized carbons (Fsp3) is 0.647. The summed E-state index contributed by atoms with van der Waals surface area (Å²) in [6.45, 7) is 9.17. The number of benzene rings is 1. The van der Waals surface area contributed by atoms with Crippen molar-refractivity contribution in [3.63, 3.8) is 0 Å². The number of methoxy groups -OCH3 is 1. The Kier molecular flexibility index (Phi) is 5.86. The second kappa shape index (κ2) is 7.65. The van der Waals surface area contributed by atoms with E-state index >= 15 is 0 Å². The predicted octanol–water partition coefficient (Wildman–Crippen LogP) is 2.56. The van der Waals surface area contributed by atoms with Crippen molar-refractivity contribution in [3.05, 3.63) is 29.8 Å². The molecule has 2 atom stereocenters. The molecular weight excluding hydrogens is 248 g/mol. The zero-order chi connectivity index (χ0) is 14.4. The molecule has 0 bridgehead atoms. The molecule has 3 nitrogen and oxygen atoms in total. The van der Waals surface area contributed by atoms with Gasteiger partial charge in [0.25, 0.3) is 0 Å². The molecule has 1 N–H and O–H groups in total. The zero-order valence-electron chi connectivity index (χ0n) is 13.1. The van der Waals surface area contributed by atoms with Gasteiger partial charge in [0.15, 0.2) is 0 Å². The van der Waals surface area contributed by atoms with Crippen LogP contribution in [0.5, 0.6) is 5.75 Å². The third kappa shape index (κ3) is 3.97. The Bertz CT molecular complexity index is 408. The van der Waals surface area contributed by atoms with Crippen molar-refractivity contribution in [2.75, 3.05) is 33.3 Å². The number of hydrogen-bond donors (Lipinski definition) is 1. The molecule has 0 amide bonds. The maximum atomic E-state index is 5.43. The molecule has 0 spiro atoms. The molecule has 112 valence electrons. The average Bonchev–Trinajstić information content (AvgIpc) is 2.48. The van der Waals surface area contributed by atoms with E-state index in [0.29, 0.717) is 6.04 Å². The predicted molar refractivity (Wildman–Crippen MR) is 84.4 cm³/mol. The van der Waals surface area contributed by atoms with E-state index in [9.17, 15) is 0 Å². The van der Waals surface area contributed by atoms with Crippen LogP contribution in [-0.2, 0) is 6.42 Å². The molecule has 0 radical (unpaired) electrons. The SMILES string of the molecule is CCNC1CCN(CCc2ccccc2OC)CC1C. The summed E-state index contributed by atoms with van der Waals surface area (Å²) in [4.78, 5) is 2.59. The third-order valence-electron chi connectivity index (χ3n) is 4.35. The first kappa shape index (κ1) is 15.3. The molecule has 2 rings (SSSR count). The minimum absolute atomic E-state index is 0.697. The Morgan fingerprint density at radius 2 is 2.15 bits per heavy atom. The lowest BCUT2D eigenvalue weighted by Crippen LogP contribution is -2.48. The Morgan fingerprint density at radius 3 is 2.85 bits per heavy atom. The lowest BCUT2D eigenvalue weighted by molar-refractivity contribution is 0.149. The van der Waals surface area contributed by atoms with Gasteiger partial charge in [0.2, 0.25) is 0 Å². The first-order valence-corrected chi connectivity index (χ1v) is 7.82. The van der Waals surface area contributed by atoms with Gasteiger partial charge >= 0.3 is 0 Å². The van der Waals surface area contributed by atoms with Crippen molar-refractivity contribution in [1.29, 1.82) is 0 Å². The number of nitrogens with one attached hydrogen (secondary N) is 1. The highest BCUT2D eigenvalue weighted by molar-refractivity contribution is 5.33. The second-order valence-electron chi connectivity index (χ2n) is 5.79. The van der Waals surface area contributed by atoms with Crippen molar-refractivity contribution < 1.29 is 4.74 Å². The molecular formula is C17H28N2O. The third-order valence-corrected chi connectivity index (χ3v) is 4.35. The molecule has 1 heterocycles. The molecule has 0 saturated carbocycles. The summed E-state index contributed by atoms with van der Waals surface area (Å²) < 4.78 is 5.43. The summed E-state index contributed by atoms with van der Waals surface area (Å²) in [5.41, 5.74) is 1.32. The van der Waals surface area contributed by atoms with Gasteiger partial charge in [-0.15, -0.1) is 0 Å². The van der Waals surface area contributed by atoms with E-state index in [0.717, 1.165) is 31.2 Å². The number of likely N-dealkylation sites (tertiary alicyclic amines) is 1. The van der Waals surface area contributed by atoms with Crippen LogP contribution < -0.4 is 10.1 Å². The van der Waals surface area contributed by atoms with Crippen LogP contribution in [0.15, 0.2) is 24.3 Å². The largest absolute Gasteiger partial charge is 0.496 e. The van der Waals surface area contributed by atoms with Crippen molar-refractivity contribution >= 4 is 0 Å². The van der Waals surface area contributed by atoms with E-state index in [4.69, 9.17) is 4.74 Å². The standard InChI is InChI=1S/C17H28N2O/c1-4-18-16-10-12-19(13-14(16)2)11-9-15-7-5-6-8-17(15)20-3/h5-8,14,16,18H,4,9-13H2,1-3H3. The Morgan fingerprint density at radius 1 is 1.35 bits per heavy atom. The van der Waals surface area contributed by atoms with E-state index in [1.54, 1.807) is 7.11 Å². The molecule has 1 saturated heterocycles. The highest BCUT2D eigenvalue weighted by Crippen LogP contribution is 2.20. The fourth-order valence-electron chi connectivity index (χ4n) is 3.19. The van der Waals surface area contributed by atoms with Crippen LogP contribution in [0.4, 0.5) is 0 Å². The van der Waals surface area contributed by atoms with Crippen molar-refractivity contribution in [2.45, 2.75) is 32.7 Å². The highest BCUT2D eigenvalue weighted by atomic mass is 16.5. The van der Waals surface area contributed by atoms with E-state index in [1.807, 2.05) is 6.07 Å². The molecule has 1 aliphatic rings. The molecule has 1 aromatic carbocycles. The van der Waals surface area contributed by atoms with Crippen LogP contribution in [0.1, 0.15) is 25.8 Å². The Labute approximate surface area is 123 Å². The number of ether oxygens (including phenoxy) is 1. The lowest BCUT2D eigenvalue weighted by atomic mass is 9.93. The van der Waals surface area contributed by atoms with Crippen molar-refractivity contribution in [3.8, 4) is 5.75 Å². The smallest absolute Gasteiger partial charge is 0.122 e. The molecule has 2 unspecified atom stereocenters. The van der Waals surface area contributed by atoms with Crippen LogP contribution >= 0.6 is 0 Å². The number of rotatable bonds is 6. The second-order valence-corrected chi connectivity index (χ2v) is 5.79. The van der Waals surface area contributed by atoms with Crippen LogP contribution in [0.3, 0.4) is 0 Å². The van der Waals surface area contributed by atoms with Crippen molar-refractivity contribution in [1.82, 2.24) is 10.2 Å². The van der Waals surface area contributed by atoms with E-state index in [1.165, 1.54) is 25.1 Å². The van der Waals surface area contributed by atoms with Crippen LogP contribution in [0.25, 0.3) is 0 Å². The topological polar surface area (TPSA) is 24.5 Å². The summed E-state index contributed by atoms with van der Waals surface area (Å²) >= 11 is 0. The summed E-state index contributed by atoms with van der Waals surface area (Å²) in [5, 5.41) is 3.60. The molecule has 1 aromatic rings. The first-order valence-electron chi connectivity index (χ1n) is 7.82. The molecule has 1 aliphatic heterocycles. The van der Waals surface area contributed by atoms with Gasteiger partial charge in [-0.05, 0) is 43.5 Å². The van der Waals surface area contributed by atoms with Crippen LogP contribution in [0.2, 0.25) is 0 Å². The summed E-state index contributed by atoms with van der Waals surface area (Å²) in [7, 11) is 1.75. The molecule has 3 heteroatoms. The highest BCUT2D eigenvalue weighted by Gasteiger charge is 2.24. The average molecular weight is 276 g/mol. The van der Waals surface area contributed by atoms with Crippen LogP contribution in [0, 0.1) is 5.92 Å². The van der Waals surface area contributed by atoms with E-state index < -0.39 is 0 Å². The fourth-order valence-corrected chi connectivity index (χ4v) is 3.19. The van der Waals surface area contributed by atoms with Gasteiger partial charge in [0, 0.05) is 19.1 Å². The van der Waals surface area contributed by atoms with Crippen molar-refractivity contribution in [2.24, 2.45) is 5.92 Å². The number of para-hydroxylation sites is 1. The molecule has 0 aliphatic carbocycles. The number of nitrogens with zero attached hydrogens (tertiary/aromatic N) is 1. The Hall–Kier alpha value is -1.06. The summed E-state index contributed by atoms with van der Waals surface area (Å²) in [6, 6.07) is 9.05. The van der Waals surface area contributed by atoms with Gasteiger partial charge in [0.05, 0.1) is 7.11 Å². The summed E-state index contributed by atoms with van der Waals surface area (Å²) in [5.74, 6) is 1.75. The minimum atomic E-state index is 0.697. The maximum Gasteiger partial charge on any atom is 0.122 e. The maximum absolute atomic E-state index is 5.43. The quantitative estimate of drug-likeness (QED) is 0.864. The van der Waals surface area contributed by atoms with E-state index in [-0.39, 0.29) is 0 Å². The zero-order valence-corrected chi connectivity index (χ0v) is 13.1. The van der Waals surface area contributed by atoms with E-state index in [2.05, 4.69) is 42.3 Å². The van der Waals surface area contributed by atoms with Gasteiger partial charge in [-0.1, -0.05) is 32.0 Å². The monoisotopic (exact) mass is 276 g/mol. The lowest BCUT2D eigenvalue weighted by Gasteiger charge is -2.37. The van der Waals surface area contributed by atoms with Crippen LogP contribution in [-0.4, -0.2) is 44.2 Å². The van der Waals surface area contributed by atoms with Gasteiger partial charge < -0.3 is 15.0 Å². The molecule has 1 fully saturated rings. The molecule has 20 heavy (non-hydrogen) atoms. The van der Waals surface area contributed by atoms with Gasteiger partial charge in [-0.3, -0.25) is 0 Å². The summed E-state index contributed by atoms with van der Waals surface area (Å²) in [6.07, 6.45) is 2.34. The van der Waals surface area contributed by atoms with Gasteiger partial charge in [0.1, 0.15) is 5.75 Å². The normalized spacial score (nSPS) is 23.8. The van der Waals surface area contributed by atoms with Gasteiger partial charge in [-0.25, -0.2) is 0 Å². The number of piperidine rings is 1. The van der Waals surface area contributed by atoms with Gasteiger partial charge in [-0.2, -0.15) is 0 Å². The molecule has 0 aromatic heterocycles.